The van der Waals surface area contributed by atoms with Gasteiger partial charge in [0.1, 0.15) is 10.2 Å². The van der Waals surface area contributed by atoms with Crippen molar-refractivity contribution < 1.29 is 32.2 Å². The SMILES string of the molecule is Cn1nc(C(F)(Cl)C(F)(F)F)c(Br)c1OC(=O)O. The van der Waals surface area contributed by atoms with E-state index in [0.29, 0.717) is 4.68 Å². The van der Waals surface area contributed by atoms with Crippen molar-refractivity contribution in [1.82, 2.24) is 9.78 Å². The number of carbonyl (C=O) groups is 1. The van der Waals surface area contributed by atoms with Crippen LogP contribution in [0.5, 0.6) is 5.88 Å². The largest absolute Gasteiger partial charge is 0.512 e. The maximum atomic E-state index is 13.5. The summed E-state index contributed by atoms with van der Waals surface area (Å²) in [6.45, 7) is 0. The number of hydrogen-bond acceptors (Lipinski definition) is 3. The Hall–Kier alpha value is -1.03. The summed E-state index contributed by atoms with van der Waals surface area (Å²) in [6.07, 6.45) is -7.22. The fraction of sp³-hybridized carbons (Fsp3) is 0.429. The van der Waals surface area contributed by atoms with E-state index in [4.69, 9.17) is 16.7 Å². The summed E-state index contributed by atoms with van der Waals surface area (Å²) in [6, 6.07) is 0. The normalized spacial score (nSPS) is 15.3. The number of nitrogens with zero attached hydrogens (tertiary/aromatic N) is 2. The quantitative estimate of drug-likeness (QED) is 0.503. The van der Waals surface area contributed by atoms with E-state index in [1.807, 2.05) is 0 Å². The zero-order valence-corrected chi connectivity index (χ0v) is 10.8. The molecule has 0 saturated heterocycles. The van der Waals surface area contributed by atoms with Crippen LogP contribution in [0.15, 0.2) is 4.47 Å². The Morgan fingerprint density at radius 1 is 1.50 bits per heavy atom. The van der Waals surface area contributed by atoms with Crippen molar-refractivity contribution >= 4 is 33.7 Å². The molecule has 1 aromatic heterocycles. The number of carboxylic acid groups (broad SMARTS) is 1. The lowest BCUT2D eigenvalue weighted by Gasteiger charge is -2.19. The number of alkyl halides is 5. The number of hydrogen-bond donors (Lipinski definition) is 1. The van der Waals surface area contributed by atoms with Crippen LogP contribution in [0.25, 0.3) is 0 Å². The van der Waals surface area contributed by atoms with E-state index in [2.05, 4.69) is 25.8 Å². The molecule has 1 heterocycles. The van der Waals surface area contributed by atoms with Crippen LogP contribution in [0.2, 0.25) is 0 Å². The Morgan fingerprint density at radius 3 is 2.39 bits per heavy atom. The smallest absolute Gasteiger partial charge is 0.449 e. The minimum atomic E-state index is -5.42. The van der Waals surface area contributed by atoms with Gasteiger partial charge in [0.05, 0.1) is 0 Å². The lowest BCUT2D eigenvalue weighted by atomic mass is 10.2. The van der Waals surface area contributed by atoms with E-state index in [1.165, 1.54) is 0 Å². The van der Waals surface area contributed by atoms with Gasteiger partial charge in [-0.3, -0.25) is 0 Å². The molecule has 18 heavy (non-hydrogen) atoms. The minimum absolute atomic E-state index is 0.607. The van der Waals surface area contributed by atoms with Gasteiger partial charge in [-0.05, 0) is 15.9 Å². The van der Waals surface area contributed by atoms with Crippen LogP contribution in [-0.2, 0) is 12.2 Å². The zero-order chi connectivity index (χ0) is 14.3. The molecule has 0 radical (unpaired) electrons. The summed E-state index contributed by atoms with van der Waals surface area (Å²) >= 11 is 7.33. The first kappa shape index (κ1) is 15.0. The van der Waals surface area contributed by atoms with Gasteiger partial charge in [0.15, 0.2) is 0 Å². The average Bonchev–Trinajstić information content (AvgIpc) is 2.43. The molecular weight excluding hydrogens is 351 g/mol. The Balaban J connectivity index is 3.33. The van der Waals surface area contributed by atoms with E-state index in [0.717, 1.165) is 7.05 Å². The molecule has 1 unspecified atom stereocenters. The van der Waals surface area contributed by atoms with Crippen LogP contribution in [0.1, 0.15) is 5.69 Å². The highest BCUT2D eigenvalue weighted by atomic mass is 79.9. The fourth-order valence-electron chi connectivity index (χ4n) is 1.01. The Bertz CT molecular complexity index is 488. The summed E-state index contributed by atoms with van der Waals surface area (Å²) in [5.74, 6) is -0.621. The minimum Gasteiger partial charge on any atom is -0.449 e. The van der Waals surface area contributed by atoms with Gasteiger partial charge in [0.25, 0.3) is 0 Å². The van der Waals surface area contributed by atoms with E-state index in [9.17, 15) is 22.4 Å². The first-order chi connectivity index (χ1) is 7.98. The Labute approximate surface area is 110 Å². The summed E-state index contributed by atoms with van der Waals surface area (Å²) in [5.41, 5.74) is -1.24. The van der Waals surface area contributed by atoms with Gasteiger partial charge in [0.2, 0.25) is 5.88 Å². The predicted octanol–water partition coefficient (Wildman–Crippen LogP) is 3.16. The molecule has 0 fully saturated rings. The second-order valence-electron chi connectivity index (χ2n) is 3.03. The van der Waals surface area contributed by atoms with Crippen molar-refractivity contribution in [2.75, 3.05) is 0 Å². The number of ether oxygens (including phenoxy) is 1. The number of aromatic nitrogens is 2. The molecule has 1 rings (SSSR count). The molecule has 11 heteroatoms. The molecule has 102 valence electrons. The second kappa shape index (κ2) is 4.57. The standard InChI is InChI=1S/C7H4BrClF4N2O3/c1-15-4(18-5(16)17)2(8)3(14-15)6(9,10)7(11,12)13/h1H3,(H,16,17). The molecule has 5 nitrogen and oxygen atoms in total. The van der Waals surface area contributed by atoms with Gasteiger partial charge >= 0.3 is 17.5 Å². The highest BCUT2D eigenvalue weighted by molar-refractivity contribution is 9.10. The fourth-order valence-corrected chi connectivity index (χ4v) is 1.95. The molecule has 0 bridgehead atoms. The number of rotatable bonds is 2. The molecule has 0 aliphatic heterocycles. The maximum Gasteiger partial charge on any atom is 0.512 e. The topological polar surface area (TPSA) is 64.4 Å². The van der Waals surface area contributed by atoms with E-state index < -0.39 is 33.5 Å². The monoisotopic (exact) mass is 354 g/mol. The van der Waals surface area contributed by atoms with Crippen molar-refractivity contribution in [3.05, 3.63) is 10.2 Å². The maximum absolute atomic E-state index is 13.5. The van der Waals surface area contributed by atoms with Crippen LogP contribution in [0, 0.1) is 0 Å². The molecule has 0 aliphatic rings. The number of halogens is 6. The third-order valence-corrected chi connectivity index (χ3v) is 2.89. The van der Waals surface area contributed by atoms with E-state index >= 15 is 0 Å². The van der Waals surface area contributed by atoms with E-state index in [1.54, 1.807) is 0 Å². The van der Waals surface area contributed by atoms with Crippen LogP contribution in [0.3, 0.4) is 0 Å². The van der Waals surface area contributed by atoms with Crippen LogP contribution in [-0.4, -0.2) is 27.2 Å². The van der Waals surface area contributed by atoms with Gasteiger partial charge in [0, 0.05) is 7.05 Å². The lowest BCUT2D eigenvalue weighted by molar-refractivity contribution is -0.203. The van der Waals surface area contributed by atoms with Crippen molar-refractivity contribution in [2.24, 2.45) is 7.05 Å². The summed E-state index contributed by atoms with van der Waals surface area (Å²) in [4.78, 5) is 10.3. The van der Waals surface area contributed by atoms with Gasteiger partial charge in [-0.2, -0.15) is 18.3 Å². The molecule has 1 N–H and O–H groups in total. The average molecular weight is 355 g/mol. The van der Waals surface area contributed by atoms with Crippen LogP contribution >= 0.6 is 27.5 Å². The summed E-state index contributed by atoms with van der Waals surface area (Å²) < 4.78 is 54.7. The summed E-state index contributed by atoms with van der Waals surface area (Å²) in [5, 5.41) is 7.25. The first-order valence-corrected chi connectivity index (χ1v) is 5.24. The molecule has 0 spiro atoms. The third-order valence-electron chi connectivity index (χ3n) is 1.78. The molecule has 1 atom stereocenters. The van der Waals surface area contributed by atoms with Gasteiger partial charge < -0.3 is 9.84 Å². The van der Waals surface area contributed by atoms with Gasteiger partial charge in [-0.15, -0.1) is 0 Å². The molecule has 0 amide bonds. The molecule has 0 aromatic carbocycles. The highest BCUT2D eigenvalue weighted by Gasteiger charge is 2.59. The Morgan fingerprint density at radius 2 is 2.00 bits per heavy atom. The molecule has 0 aliphatic carbocycles. The third kappa shape index (κ3) is 2.53. The molecule has 0 saturated carbocycles. The highest BCUT2D eigenvalue weighted by Crippen LogP contribution is 2.49. The predicted molar refractivity (Wildman–Crippen MR) is 54.3 cm³/mol. The van der Waals surface area contributed by atoms with Gasteiger partial charge in [-0.1, -0.05) is 11.6 Å². The summed E-state index contributed by atoms with van der Waals surface area (Å²) in [7, 11) is 1.07. The molecule has 1 aromatic rings. The van der Waals surface area contributed by atoms with Crippen molar-refractivity contribution in [1.29, 1.82) is 0 Å². The van der Waals surface area contributed by atoms with Crippen molar-refractivity contribution in [3.8, 4) is 5.88 Å². The number of aryl methyl sites for hydroxylation is 1. The Kier molecular flexibility index (Phi) is 3.82. The van der Waals surface area contributed by atoms with Crippen molar-refractivity contribution in [2.45, 2.75) is 11.3 Å². The van der Waals surface area contributed by atoms with Crippen molar-refractivity contribution in [3.63, 3.8) is 0 Å². The zero-order valence-electron chi connectivity index (χ0n) is 8.43. The van der Waals surface area contributed by atoms with Gasteiger partial charge in [-0.25, -0.2) is 13.9 Å². The van der Waals surface area contributed by atoms with Crippen LogP contribution < -0.4 is 4.74 Å². The van der Waals surface area contributed by atoms with E-state index in [-0.39, 0.29) is 0 Å². The first-order valence-electron chi connectivity index (χ1n) is 4.06. The second-order valence-corrected chi connectivity index (χ2v) is 4.35. The van der Waals surface area contributed by atoms with Crippen LogP contribution in [0.4, 0.5) is 22.4 Å². The lowest BCUT2D eigenvalue weighted by Crippen LogP contribution is -2.33. The molecular formula is C7H4BrClF4N2O3.